The van der Waals surface area contributed by atoms with Crippen molar-refractivity contribution in [1.82, 2.24) is 0 Å². The van der Waals surface area contributed by atoms with Crippen LogP contribution in [0.5, 0.6) is 23.0 Å². The second-order valence-corrected chi connectivity index (χ2v) is 8.56. The molecule has 3 aromatic carbocycles. The summed E-state index contributed by atoms with van der Waals surface area (Å²) in [6, 6.07) is 19.0. The molecule has 0 unspecified atom stereocenters. The van der Waals surface area contributed by atoms with Crippen molar-refractivity contribution in [2.24, 2.45) is 0 Å². The van der Waals surface area contributed by atoms with Crippen molar-refractivity contribution in [2.75, 3.05) is 13.9 Å². The highest BCUT2D eigenvalue weighted by Gasteiger charge is 2.29. The molecular formula is C28H27N2O6+. The van der Waals surface area contributed by atoms with Crippen LogP contribution in [0.4, 0.5) is 5.69 Å². The molecule has 0 fully saturated rings. The second kappa shape index (κ2) is 10.1. The molecule has 8 heteroatoms. The number of aromatic nitrogens is 1. The van der Waals surface area contributed by atoms with E-state index in [2.05, 4.69) is 11.5 Å². The van der Waals surface area contributed by atoms with Gasteiger partial charge in [0.2, 0.25) is 12.5 Å². The summed E-state index contributed by atoms with van der Waals surface area (Å²) in [5.41, 5.74) is 2.31. The quantitative estimate of drug-likeness (QED) is 0.180. The average Bonchev–Trinajstić information content (AvgIpc) is 3.35. The van der Waals surface area contributed by atoms with Gasteiger partial charge in [0.15, 0.2) is 29.1 Å². The van der Waals surface area contributed by atoms with Crippen LogP contribution in [-0.2, 0) is 19.6 Å². The molecule has 8 nitrogen and oxygen atoms in total. The lowest BCUT2D eigenvalue weighted by atomic mass is 10.00. The number of nitro benzene ring substituents is 1. The van der Waals surface area contributed by atoms with E-state index in [1.54, 1.807) is 12.1 Å². The predicted molar refractivity (Wildman–Crippen MR) is 134 cm³/mol. The Morgan fingerprint density at radius 2 is 1.83 bits per heavy atom. The number of hydrogen-bond acceptors (Lipinski definition) is 6. The van der Waals surface area contributed by atoms with E-state index < -0.39 is 0 Å². The maximum Gasteiger partial charge on any atom is 0.318 e. The number of ether oxygens (including phenoxy) is 4. The maximum absolute atomic E-state index is 12.4. The van der Waals surface area contributed by atoms with Gasteiger partial charge >= 0.3 is 5.69 Å². The van der Waals surface area contributed by atoms with Gasteiger partial charge in [0, 0.05) is 18.1 Å². The van der Waals surface area contributed by atoms with Gasteiger partial charge in [0.05, 0.1) is 23.8 Å². The molecule has 0 N–H and O–H groups in total. The number of nitrogens with zero attached hydrogens (tertiary/aromatic N) is 2. The first kappa shape index (κ1) is 23.4. The van der Waals surface area contributed by atoms with Gasteiger partial charge in [-0.25, -0.2) is 4.57 Å². The molecule has 0 saturated carbocycles. The summed E-state index contributed by atoms with van der Waals surface area (Å²) in [4.78, 5) is 12.0. The van der Waals surface area contributed by atoms with Crippen molar-refractivity contribution in [3.63, 3.8) is 0 Å². The molecule has 0 atom stereocenters. The summed E-state index contributed by atoms with van der Waals surface area (Å²) in [5, 5.41) is 14.3. The van der Waals surface area contributed by atoms with Crippen LogP contribution in [0.2, 0.25) is 0 Å². The number of benzene rings is 3. The number of hydrogen-bond donors (Lipinski definition) is 0. The van der Waals surface area contributed by atoms with Crippen LogP contribution >= 0.6 is 0 Å². The van der Waals surface area contributed by atoms with Crippen LogP contribution in [0.1, 0.15) is 30.2 Å². The SMILES string of the molecule is CCC[n+]1ccc2cc3c(cc2c1Cc1ccc(OC)c(OCc2ccccc2)c1[N+](=O)[O-])OCO3. The van der Waals surface area contributed by atoms with Crippen molar-refractivity contribution in [2.45, 2.75) is 32.9 Å². The summed E-state index contributed by atoms with van der Waals surface area (Å²) < 4.78 is 24.8. The van der Waals surface area contributed by atoms with Crippen molar-refractivity contribution in [3.05, 3.63) is 93.8 Å². The van der Waals surface area contributed by atoms with Crippen LogP contribution in [0.25, 0.3) is 10.8 Å². The topological polar surface area (TPSA) is 83.9 Å². The van der Waals surface area contributed by atoms with E-state index in [-0.39, 0.29) is 29.8 Å². The Morgan fingerprint density at radius 1 is 1.06 bits per heavy atom. The first-order valence-electron chi connectivity index (χ1n) is 11.8. The Labute approximate surface area is 208 Å². The Balaban J connectivity index is 1.61. The van der Waals surface area contributed by atoms with Gasteiger partial charge < -0.3 is 18.9 Å². The summed E-state index contributed by atoms with van der Waals surface area (Å²) in [6.45, 7) is 3.25. The van der Waals surface area contributed by atoms with Gasteiger partial charge in [-0.2, -0.15) is 0 Å². The summed E-state index contributed by atoms with van der Waals surface area (Å²) >= 11 is 0. The summed E-state index contributed by atoms with van der Waals surface area (Å²) in [6.07, 6.45) is 3.27. The minimum atomic E-state index is -0.387. The van der Waals surface area contributed by atoms with Crippen LogP contribution in [0.15, 0.2) is 66.9 Å². The minimum absolute atomic E-state index is 0.0916. The first-order chi connectivity index (χ1) is 17.6. The fourth-order valence-electron chi connectivity index (χ4n) is 4.55. The highest BCUT2D eigenvalue weighted by molar-refractivity contribution is 5.87. The summed E-state index contributed by atoms with van der Waals surface area (Å²) in [5.74, 6) is 1.83. The van der Waals surface area contributed by atoms with E-state index >= 15 is 0 Å². The molecule has 1 aliphatic rings. The number of methoxy groups -OCH3 is 1. The summed E-state index contributed by atoms with van der Waals surface area (Å²) in [7, 11) is 1.48. The monoisotopic (exact) mass is 487 g/mol. The molecule has 0 bridgehead atoms. The van der Waals surface area contributed by atoms with E-state index in [0.29, 0.717) is 29.2 Å². The smallest absolute Gasteiger partial charge is 0.318 e. The van der Waals surface area contributed by atoms with E-state index in [1.807, 2.05) is 54.7 Å². The lowest BCUT2D eigenvalue weighted by Gasteiger charge is -2.14. The zero-order valence-electron chi connectivity index (χ0n) is 20.2. The molecule has 184 valence electrons. The van der Waals surface area contributed by atoms with Gasteiger partial charge in [0.1, 0.15) is 13.2 Å². The maximum atomic E-state index is 12.4. The van der Waals surface area contributed by atoms with E-state index in [1.165, 1.54) is 7.11 Å². The molecular weight excluding hydrogens is 460 g/mol. The molecule has 4 aromatic rings. The molecule has 0 amide bonds. The number of pyridine rings is 1. The highest BCUT2D eigenvalue weighted by Crippen LogP contribution is 2.42. The normalized spacial score (nSPS) is 12.1. The molecule has 0 aliphatic carbocycles. The average molecular weight is 488 g/mol. The van der Waals surface area contributed by atoms with Crippen molar-refractivity contribution in [3.8, 4) is 23.0 Å². The third kappa shape index (κ3) is 4.49. The van der Waals surface area contributed by atoms with E-state index in [0.717, 1.165) is 35.0 Å². The Hall–Kier alpha value is -4.33. The molecule has 0 saturated heterocycles. The zero-order valence-corrected chi connectivity index (χ0v) is 20.2. The standard InChI is InChI=1S/C28H27N2O6/c1-3-12-29-13-11-20-15-25-26(36-18-35-25)16-22(20)23(29)14-21-9-10-24(33-2)28(27(21)30(31)32)34-17-19-7-5-4-6-8-19/h4-11,13,15-16H,3,12,14,17-18H2,1-2H3/q+1. The lowest BCUT2D eigenvalue weighted by Crippen LogP contribution is -2.38. The van der Waals surface area contributed by atoms with Gasteiger partial charge in [-0.15, -0.1) is 0 Å². The molecule has 0 spiro atoms. The van der Waals surface area contributed by atoms with Gasteiger partial charge in [0.25, 0.3) is 0 Å². The number of aryl methyl sites for hydroxylation is 1. The van der Waals surface area contributed by atoms with Crippen molar-refractivity contribution in [1.29, 1.82) is 0 Å². The fourth-order valence-corrected chi connectivity index (χ4v) is 4.55. The lowest BCUT2D eigenvalue weighted by molar-refractivity contribution is -0.702. The fraction of sp³-hybridized carbons (Fsp3) is 0.250. The van der Waals surface area contributed by atoms with Crippen LogP contribution in [-0.4, -0.2) is 18.8 Å². The Morgan fingerprint density at radius 3 is 2.56 bits per heavy atom. The van der Waals surface area contributed by atoms with Gasteiger partial charge in [-0.3, -0.25) is 10.1 Å². The van der Waals surface area contributed by atoms with Crippen LogP contribution in [0, 0.1) is 10.1 Å². The van der Waals surface area contributed by atoms with Crippen LogP contribution < -0.4 is 23.5 Å². The van der Waals surface area contributed by atoms with E-state index in [9.17, 15) is 10.1 Å². The second-order valence-electron chi connectivity index (χ2n) is 8.56. The third-order valence-corrected chi connectivity index (χ3v) is 6.27. The minimum Gasteiger partial charge on any atom is -0.493 e. The highest BCUT2D eigenvalue weighted by atomic mass is 16.7. The number of nitro groups is 1. The Bertz CT molecular complexity index is 1420. The third-order valence-electron chi connectivity index (χ3n) is 6.27. The van der Waals surface area contributed by atoms with Crippen LogP contribution in [0.3, 0.4) is 0 Å². The first-order valence-corrected chi connectivity index (χ1v) is 11.8. The molecule has 2 heterocycles. The number of rotatable bonds is 9. The number of fused-ring (bicyclic) bond motifs is 2. The molecule has 5 rings (SSSR count). The predicted octanol–water partition coefficient (Wildman–Crippen LogP) is 5.35. The van der Waals surface area contributed by atoms with E-state index in [4.69, 9.17) is 18.9 Å². The molecule has 36 heavy (non-hydrogen) atoms. The van der Waals surface area contributed by atoms with Crippen molar-refractivity contribution < 1.29 is 28.4 Å². The Kier molecular flexibility index (Phi) is 6.58. The van der Waals surface area contributed by atoms with Gasteiger partial charge in [-0.05, 0) is 35.2 Å². The van der Waals surface area contributed by atoms with Gasteiger partial charge in [-0.1, -0.05) is 37.3 Å². The zero-order chi connectivity index (χ0) is 25.1. The molecule has 1 aliphatic heterocycles. The van der Waals surface area contributed by atoms with Crippen molar-refractivity contribution >= 4 is 16.5 Å². The molecule has 1 aromatic heterocycles. The largest absolute Gasteiger partial charge is 0.493 e. The molecule has 0 radical (unpaired) electrons.